The average Bonchev–Trinajstić information content (AvgIpc) is 2.73. The maximum atomic E-state index is 11.7. The lowest BCUT2D eigenvalue weighted by Gasteiger charge is -2.05. The van der Waals surface area contributed by atoms with Gasteiger partial charge in [-0.25, -0.2) is 14.3 Å². The highest BCUT2D eigenvalue weighted by molar-refractivity contribution is 7.85. The Kier molecular flexibility index (Phi) is 3.73. The molecule has 2 heterocycles. The molecule has 0 bridgehead atoms. The first kappa shape index (κ1) is 14.4. The van der Waals surface area contributed by atoms with E-state index in [9.17, 15) is 13.2 Å². The van der Waals surface area contributed by atoms with Crippen LogP contribution in [-0.4, -0.2) is 42.4 Å². The molecule has 0 N–H and O–H groups in total. The van der Waals surface area contributed by atoms with Crippen molar-refractivity contribution in [2.24, 2.45) is 0 Å². The van der Waals surface area contributed by atoms with Gasteiger partial charge >= 0.3 is 5.97 Å². The van der Waals surface area contributed by atoms with Crippen LogP contribution in [0.4, 0.5) is 0 Å². The summed E-state index contributed by atoms with van der Waals surface area (Å²) in [6, 6.07) is 1.60. The third-order valence-corrected chi connectivity index (χ3v) is 3.17. The molecule has 0 atom stereocenters. The molecule has 0 unspecified atom stereocenters. The molecule has 0 saturated carbocycles. The van der Waals surface area contributed by atoms with Crippen molar-refractivity contribution in [3.05, 3.63) is 29.3 Å². The van der Waals surface area contributed by atoms with Crippen molar-refractivity contribution in [2.45, 2.75) is 13.5 Å². The molecule has 0 amide bonds. The van der Waals surface area contributed by atoms with Gasteiger partial charge in [0.1, 0.15) is 18.5 Å². The lowest BCUT2D eigenvalue weighted by Crippen LogP contribution is -2.09. The predicted molar refractivity (Wildman–Crippen MR) is 68.7 cm³/mol. The Bertz CT molecular complexity index is 766. The SMILES string of the molecule is COC(=O)c1cc(C)n2ncnc(COS(C)(=O)=O)c12. The largest absolute Gasteiger partial charge is 0.465 e. The highest BCUT2D eigenvalue weighted by Crippen LogP contribution is 2.20. The Morgan fingerprint density at radius 1 is 1.45 bits per heavy atom. The number of aromatic nitrogens is 3. The maximum absolute atomic E-state index is 11.7. The number of aryl methyl sites for hydroxylation is 1. The zero-order chi connectivity index (χ0) is 14.9. The molecule has 0 saturated heterocycles. The first-order valence-electron chi connectivity index (χ1n) is 5.58. The minimum atomic E-state index is -3.61. The van der Waals surface area contributed by atoms with Crippen molar-refractivity contribution in [2.75, 3.05) is 13.4 Å². The van der Waals surface area contributed by atoms with E-state index >= 15 is 0 Å². The lowest BCUT2D eigenvalue weighted by molar-refractivity contribution is 0.0603. The van der Waals surface area contributed by atoms with Crippen LogP contribution in [-0.2, 0) is 25.6 Å². The second kappa shape index (κ2) is 5.17. The highest BCUT2D eigenvalue weighted by Gasteiger charge is 2.19. The summed E-state index contributed by atoms with van der Waals surface area (Å²) in [5.41, 5.74) is 1.63. The molecule has 2 rings (SSSR count). The van der Waals surface area contributed by atoms with Crippen LogP contribution >= 0.6 is 0 Å². The first-order chi connectivity index (χ1) is 9.33. The second-order valence-corrected chi connectivity index (χ2v) is 5.77. The van der Waals surface area contributed by atoms with Crippen LogP contribution in [0.25, 0.3) is 5.52 Å². The molecule has 0 aliphatic carbocycles. The minimum Gasteiger partial charge on any atom is -0.465 e. The summed E-state index contributed by atoms with van der Waals surface area (Å²) in [4.78, 5) is 15.7. The summed E-state index contributed by atoms with van der Waals surface area (Å²) in [6.07, 6.45) is 2.21. The molecule has 0 radical (unpaired) electrons. The van der Waals surface area contributed by atoms with Gasteiger partial charge in [0.15, 0.2) is 0 Å². The molecular weight excluding hydrogens is 286 g/mol. The van der Waals surface area contributed by atoms with Crippen LogP contribution in [0.15, 0.2) is 12.4 Å². The predicted octanol–water partition coefficient (Wildman–Crippen LogP) is 0.301. The number of carbonyl (C=O) groups excluding carboxylic acids is 1. The van der Waals surface area contributed by atoms with Crippen LogP contribution < -0.4 is 0 Å². The van der Waals surface area contributed by atoms with Crippen molar-refractivity contribution in [3.63, 3.8) is 0 Å². The third-order valence-electron chi connectivity index (χ3n) is 2.62. The van der Waals surface area contributed by atoms with Gasteiger partial charge in [-0.3, -0.25) is 4.18 Å². The fourth-order valence-electron chi connectivity index (χ4n) is 1.80. The van der Waals surface area contributed by atoms with Crippen molar-refractivity contribution in [3.8, 4) is 0 Å². The number of methoxy groups -OCH3 is 1. The molecule has 0 aromatic carbocycles. The maximum Gasteiger partial charge on any atom is 0.340 e. The Morgan fingerprint density at radius 2 is 2.15 bits per heavy atom. The molecule has 0 aliphatic heterocycles. The van der Waals surface area contributed by atoms with E-state index < -0.39 is 16.1 Å². The van der Waals surface area contributed by atoms with Gasteiger partial charge in [-0.2, -0.15) is 13.5 Å². The van der Waals surface area contributed by atoms with Gasteiger partial charge in [0.2, 0.25) is 0 Å². The third kappa shape index (κ3) is 2.78. The Morgan fingerprint density at radius 3 is 2.75 bits per heavy atom. The number of ether oxygens (including phenoxy) is 1. The Balaban J connectivity index is 2.57. The number of hydrogen-bond acceptors (Lipinski definition) is 7. The molecule has 108 valence electrons. The molecule has 2 aromatic rings. The van der Waals surface area contributed by atoms with Gasteiger partial charge in [-0.15, -0.1) is 0 Å². The minimum absolute atomic E-state index is 0.262. The highest BCUT2D eigenvalue weighted by atomic mass is 32.2. The Hall–Kier alpha value is -2.00. The van der Waals surface area contributed by atoms with Crippen LogP contribution in [0.2, 0.25) is 0 Å². The number of hydrogen-bond donors (Lipinski definition) is 0. The van der Waals surface area contributed by atoms with Gasteiger partial charge in [-0.1, -0.05) is 0 Å². The van der Waals surface area contributed by atoms with Crippen LogP contribution in [0.5, 0.6) is 0 Å². The molecule has 20 heavy (non-hydrogen) atoms. The van der Waals surface area contributed by atoms with Crippen molar-refractivity contribution < 1.29 is 22.1 Å². The monoisotopic (exact) mass is 299 g/mol. The first-order valence-corrected chi connectivity index (χ1v) is 7.40. The standard InChI is InChI=1S/C11H13N3O5S/c1-7-4-8(11(15)18-2)10-9(5-19-20(3,16)17)12-6-13-14(7)10/h4,6H,5H2,1-3H3. The zero-order valence-electron chi connectivity index (χ0n) is 11.2. The molecular formula is C11H13N3O5S. The molecule has 2 aromatic heterocycles. The van der Waals surface area contributed by atoms with E-state index in [0.717, 1.165) is 6.26 Å². The fourth-order valence-corrected chi connectivity index (χ4v) is 2.12. The molecule has 0 fully saturated rings. The van der Waals surface area contributed by atoms with E-state index in [1.54, 1.807) is 13.0 Å². The van der Waals surface area contributed by atoms with Gasteiger partial charge < -0.3 is 4.74 Å². The number of esters is 1. The number of rotatable bonds is 4. The smallest absolute Gasteiger partial charge is 0.340 e. The molecule has 0 aliphatic rings. The second-order valence-electron chi connectivity index (χ2n) is 4.12. The van der Waals surface area contributed by atoms with E-state index in [0.29, 0.717) is 16.9 Å². The fraction of sp³-hybridized carbons (Fsp3) is 0.364. The van der Waals surface area contributed by atoms with Crippen molar-refractivity contribution >= 4 is 21.6 Å². The summed E-state index contributed by atoms with van der Waals surface area (Å²) in [5.74, 6) is -0.550. The van der Waals surface area contributed by atoms with E-state index in [-0.39, 0.29) is 12.2 Å². The summed E-state index contributed by atoms with van der Waals surface area (Å²) in [7, 11) is -2.35. The molecule has 0 spiro atoms. The summed E-state index contributed by atoms with van der Waals surface area (Å²) < 4.78 is 33.0. The van der Waals surface area contributed by atoms with Gasteiger partial charge in [-0.05, 0) is 13.0 Å². The van der Waals surface area contributed by atoms with Crippen molar-refractivity contribution in [1.29, 1.82) is 0 Å². The zero-order valence-corrected chi connectivity index (χ0v) is 12.0. The molecule has 8 nitrogen and oxygen atoms in total. The number of nitrogens with zero attached hydrogens (tertiary/aromatic N) is 3. The normalized spacial score (nSPS) is 11.8. The summed E-state index contributed by atoms with van der Waals surface area (Å²) in [5, 5.41) is 4.02. The van der Waals surface area contributed by atoms with E-state index in [2.05, 4.69) is 10.1 Å². The van der Waals surface area contributed by atoms with Crippen molar-refractivity contribution in [1.82, 2.24) is 14.6 Å². The topological polar surface area (TPSA) is 99.9 Å². The van der Waals surface area contributed by atoms with E-state index in [1.807, 2.05) is 0 Å². The lowest BCUT2D eigenvalue weighted by atomic mass is 10.2. The van der Waals surface area contributed by atoms with Crippen LogP contribution in [0.1, 0.15) is 21.7 Å². The van der Waals surface area contributed by atoms with E-state index in [4.69, 9.17) is 8.92 Å². The van der Waals surface area contributed by atoms with E-state index in [1.165, 1.54) is 18.0 Å². The summed E-state index contributed by atoms with van der Waals surface area (Å²) in [6.45, 7) is 1.48. The van der Waals surface area contributed by atoms with Gasteiger partial charge in [0.05, 0.1) is 24.6 Å². The van der Waals surface area contributed by atoms with Gasteiger partial charge in [0, 0.05) is 5.69 Å². The van der Waals surface area contributed by atoms with Crippen LogP contribution in [0.3, 0.4) is 0 Å². The number of fused-ring (bicyclic) bond motifs is 1. The molecule has 9 heteroatoms. The van der Waals surface area contributed by atoms with Crippen LogP contribution in [0, 0.1) is 6.92 Å². The number of carbonyl (C=O) groups is 1. The Labute approximate surface area is 115 Å². The van der Waals surface area contributed by atoms with Gasteiger partial charge in [0.25, 0.3) is 10.1 Å². The quantitative estimate of drug-likeness (QED) is 0.591. The average molecular weight is 299 g/mol. The summed E-state index contributed by atoms with van der Waals surface area (Å²) >= 11 is 0.